The molecule has 0 heterocycles. The van der Waals surface area contributed by atoms with E-state index < -0.39 is 0 Å². The Balaban J connectivity index is 4.66. The monoisotopic (exact) mass is 190 g/mol. The summed E-state index contributed by atoms with van der Waals surface area (Å²) in [6, 6.07) is 0. The normalized spacial score (nSPS) is 15.2. The van der Waals surface area contributed by atoms with E-state index in [1.165, 1.54) is 0 Å². The Bertz CT molecular complexity index is 187. The average molecular weight is 190 g/mol. The maximum atomic E-state index is 5.50. The fourth-order valence-electron chi connectivity index (χ4n) is 0.696. The molecule has 0 aromatic heterocycles. The lowest BCUT2D eigenvalue weighted by Gasteiger charge is -2.07. The Labute approximate surface area is 78.5 Å². The Morgan fingerprint density at radius 3 is 1.82 bits per heavy atom. The molecule has 0 aliphatic carbocycles. The number of hydrogen-bond acceptors (Lipinski definition) is 4. The number of allylic oxidation sites excluding steroid dienone is 2. The highest BCUT2D eigenvalue weighted by Gasteiger charge is 2.02. The molecule has 0 aromatic rings. The van der Waals surface area contributed by atoms with Crippen molar-refractivity contribution >= 4 is 25.3 Å². The van der Waals surface area contributed by atoms with Gasteiger partial charge in [0.15, 0.2) is 0 Å². The van der Waals surface area contributed by atoms with Gasteiger partial charge in [-0.3, -0.25) is 0 Å². The number of nitrogens with two attached hydrogens (primary N) is 2. The maximum absolute atomic E-state index is 5.50. The summed E-state index contributed by atoms with van der Waals surface area (Å²) in [6.45, 7) is 4.04. The van der Waals surface area contributed by atoms with Gasteiger partial charge >= 0.3 is 0 Å². The van der Waals surface area contributed by atoms with Crippen molar-refractivity contribution in [3.63, 3.8) is 0 Å². The van der Waals surface area contributed by atoms with Gasteiger partial charge in [-0.05, 0) is 17.6 Å². The van der Waals surface area contributed by atoms with Gasteiger partial charge in [0, 0.05) is 0 Å². The molecule has 0 aliphatic heterocycles. The molecule has 11 heavy (non-hydrogen) atoms. The van der Waals surface area contributed by atoms with E-state index in [4.69, 9.17) is 11.5 Å². The summed E-state index contributed by atoms with van der Waals surface area (Å²) in [4.78, 5) is 0. The summed E-state index contributed by atoms with van der Waals surface area (Å²) >= 11 is 7.97. The van der Waals surface area contributed by atoms with Crippen molar-refractivity contribution in [1.29, 1.82) is 0 Å². The van der Waals surface area contributed by atoms with Crippen molar-refractivity contribution in [2.45, 2.75) is 13.8 Å². The highest BCUT2D eigenvalue weighted by atomic mass is 32.1. The molecule has 0 radical (unpaired) electrons. The minimum atomic E-state index is 0.318. The van der Waals surface area contributed by atoms with Crippen molar-refractivity contribution in [2.24, 2.45) is 17.4 Å². The molecule has 0 spiro atoms. The van der Waals surface area contributed by atoms with Gasteiger partial charge in [0.2, 0.25) is 0 Å². The van der Waals surface area contributed by atoms with Gasteiger partial charge < -0.3 is 11.5 Å². The van der Waals surface area contributed by atoms with Gasteiger partial charge in [0.1, 0.15) is 0 Å². The number of thiol groups is 2. The first kappa shape index (κ1) is 10.8. The fourth-order valence-corrected chi connectivity index (χ4v) is 1.16. The molecule has 0 fully saturated rings. The quantitative estimate of drug-likeness (QED) is 0.394. The summed E-state index contributed by atoms with van der Waals surface area (Å²) in [5.74, 6) is 0.318. The first-order valence-corrected chi connectivity index (χ1v) is 4.19. The third-order valence-electron chi connectivity index (χ3n) is 1.22. The lowest BCUT2D eigenvalue weighted by molar-refractivity contribution is 0.785. The fraction of sp³-hybridized carbons (Fsp3) is 0.429. The third kappa shape index (κ3) is 4.27. The first-order chi connectivity index (χ1) is 4.95. The first-order valence-electron chi connectivity index (χ1n) is 3.30. The minimum Gasteiger partial charge on any atom is -0.394 e. The molecule has 0 unspecified atom stereocenters. The zero-order chi connectivity index (χ0) is 9.02. The molecule has 2 nitrogen and oxygen atoms in total. The van der Waals surface area contributed by atoms with Crippen LogP contribution in [0.3, 0.4) is 0 Å². The molecule has 4 N–H and O–H groups in total. The van der Waals surface area contributed by atoms with Crippen LogP contribution >= 0.6 is 25.3 Å². The maximum Gasteiger partial charge on any atom is 0.0660 e. The van der Waals surface area contributed by atoms with Gasteiger partial charge in [-0.15, -0.1) is 25.3 Å². The number of hydrogen-bond donors (Lipinski definition) is 4. The van der Waals surface area contributed by atoms with E-state index in [0.717, 1.165) is 5.57 Å². The summed E-state index contributed by atoms with van der Waals surface area (Å²) < 4.78 is 0. The van der Waals surface area contributed by atoms with E-state index in [1.807, 2.05) is 13.8 Å². The highest BCUT2D eigenvalue weighted by Crippen LogP contribution is 2.16. The summed E-state index contributed by atoms with van der Waals surface area (Å²) in [5.41, 5.74) is 11.8. The van der Waals surface area contributed by atoms with Crippen LogP contribution < -0.4 is 11.5 Å². The molecule has 0 saturated carbocycles. The van der Waals surface area contributed by atoms with Gasteiger partial charge in [0.05, 0.1) is 10.1 Å². The average Bonchev–Trinajstić information content (AvgIpc) is 1.81. The predicted molar refractivity (Wildman–Crippen MR) is 56.3 cm³/mol. The van der Waals surface area contributed by atoms with Crippen LogP contribution in [0.5, 0.6) is 0 Å². The second-order valence-corrected chi connectivity index (χ2v) is 3.56. The van der Waals surface area contributed by atoms with Crippen molar-refractivity contribution < 1.29 is 0 Å². The van der Waals surface area contributed by atoms with Crippen LogP contribution in [0.2, 0.25) is 0 Å². The van der Waals surface area contributed by atoms with Crippen molar-refractivity contribution in [3.8, 4) is 0 Å². The standard InChI is InChI=1S/C7H14N2S2/c1-4(2)5(7(9)11)3-6(8)10/h3-4,10-11H,8-9H2,1-2H3/b6-3+,7-5-. The Kier molecular flexibility index (Phi) is 4.52. The zero-order valence-corrected chi connectivity index (χ0v) is 8.49. The molecule has 0 amide bonds. The van der Waals surface area contributed by atoms with E-state index in [9.17, 15) is 0 Å². The van der Waals surface area contributed by atoms with E-state index in [0.29, 0.717) is 16.0 Å². The molecular weight excluding hydrogens is 176 g/mol. The summed E-state index contributed by atoms with van der Waals surface area (Å²) in [5, 5.41) is 0.947. The summed E-state index contributed by atoms with van der Waals surface area (Å²) in [7, 11) is 0. The van der Waals surface area contributed by atoms with Crippen LogP contribution in [0, 0.1) is 5.92 Å². The Hall–Kier alpha value is -0.220. The molecule has 64 valence electrons. The van der Waals surface area contributed by atoms with Gasteiger partial charge in [-0.2, -0.15) is 0 Å². The lowest BCUT2D eigenvalue weighted by atomic mass is 10.0. The van der Waals surface area contributed by atoms with Gasteiger partial charge in [-0.1, -0.05) is 13.8 Å². The van der Waals surface area contributed by atoms with Crippen LogP contribution in [-0.2, 0) is 0 Å². The topological polar surface area (TPSA) is 52.0 Å². The van der Waals surface area contributed by atoms with Crippen LogP contribution in [0.1, 0.15) is 13.8 Å². The Morgan fingerprint density at radius 2 is 1.73 bits per heavy atom. The predicted octanol–water partition coefficient (Wildman–Crippen LogP) is 1.47. The van der Waals surface area contributed by atoms with Crippen molar-refractivity contribution in [3.05, 3.63) is 21.7 Å². The molecule has 0 aliphatic rings. The van der Waals surface area contributed by atoms with E-state index in [-0.39, 0.29) is 0 Å². The number of rotatable bonds is 2. The van der Waals surface area contributed by atoms with Crippen molar-refractivity contribution in [2.75, 3.05) is 0 Å². The second-order valence-electron chi connectivity index (χ2n) is 2.56. The molecule has 0 atom stereocenters. The Morgan fingerprint density at radius 1 is 1.27 bits per heavy atom. The van der Waals surface area contributed by atoms with Crippen LogP contribution in [0.25, 0.3) is 0 Å². The molecule has 0 rings (SSSR count). The van der Waals surface area contributed by atoms with Gasteiger partial charge in [0.25, 0.3) is 0 Å². The molecule has 0 aromatic carbocycles. The third-order valence-corrected chi connectivity index (χ3v) is 1.61. The second kappa shape index (κ2) is 4.62. The van der Waals surface area contributed by atoms with Crippen LogP contribution in [0.4, 0.5) is 0 Å². The minimum absolute atomic E-state index is 0.318. The molecular formula is C7H14N2S2. The van der Waals surface area contributed by atoms with E-state index >= 15 is 0 Å². The lowest BCUT2D eigenvalue weighted by Crippen LogP contribution is -2.02. The van der Waals surface area contributed by atoms with Crippen LogP contribution in [0.15, 0.2) is 21.7 Å². The largest absolute Gasteiger partial charge is 0.394 e. The smallest absolute Gasteiger partial charge is 0.0660 e. The molecule has 0 bridgehead atoms. The summed E-state index contributed by atoms with van der Waals surface area (Å²) in [6.07, 6.45) is 1.72. The van der Waals surface area contributed by atoms with Gasteiger partial charge in [-0.25, -0.2) is 0 Å². The van der Waals surface area contributed by atoms with E-state index in [2.05, 4.69) is 25.3 Å². The highest BCUT2D eigenvalue weighted by molar-refractivity contribution is 7.84. The van der Waals surface area contributed by atoms with Crippen LogP contribution in [-0.4, -0.2) is 0 Å². The zero-order valence-electron chi connectivity index (χ0n) is 6.70. The molecule has 4 heteroatoms. The van der Waals surface area contributed by atoms with Crippen molar-refractivity contribution in [1.82, 2.24) is 0 Å². The van der Waals surface area contributed by atoms with E-state index in [1.54, 1.807) is 6.08 Å². The SMILES string of the molecule is CC(C)C(/C=C(\N)S)=C(/N)S. The molecule has 0 saturated heterocycles.